The zero-order chi connectivity index (χ0) is 20.7. The molecule has 0 N–H and O–H groups in total. The normalized spacial score (nSPS) is 21.0. The fourth-order valence-corrected chi connectivity index (χ4v) is 2.68. The molecule has 4 aliphatic rings. The van der Waals surface area contributed by atoms with Gasteiger partial charge in [-0.05, 0) is 140 Å². The van der Waals surface area contributed by atoms with Crippen molar-refractivity contribution in [2.24, 2.45) is 5.92 Å². The monoisotopic (exact) mass is 501 g/mol. The van der Waals surface area contributed by atoms with Crippen LogP contribution in [0.5, 0.6) is 0 Å². The minimum atomic E-state index is 0. The second kappa shape index (κ2) is 19.0. The van der Waals surface area contributed by atoms with E-state index in [0.29, 0.717) is 5.92 Å². The molecule has 1 aromatic rings. The van der Waals surface area contributed by atoms with E-state index in [9.17, 15) is 0 Å². The van der Waals surface area contributed by atoms with Crippen molar-refractivity contribution in [2.45, 2.75) is 0 Å². The Morgan fingerprint density at radius 2 is 1.00 bits per heavy atom. The van der Waals surface area contributed by atoms with Crippen LogP contribution in [0.15, 0.2) is 24.5 Å². The van der Waals surface area contributed by atoms with Crippen LogP contribution in [-0.2, 0) is 34.1 Å². The third-order valence-corrected chi connectivity index (χ3v) is 4.22. The molecular weight excluding hydrogens is 476 g/mol. The maximum atomic E-state index is 4.27. The van der Waals surface area contributed by atoms with E-state index >= 15 is 0 Å². The van der Waals surface area contributed by atoms with E-state index in [-0.39, 0.29) is 34.1 Å². The van der Waals surface area contributed by atoms with Crippen LogP contribution in [0.3, 0.4) is 0 Å². The number of hydrogen-bond acceptors (Lipinski definition) is 2. The summed E-state index contributed by atoms with van der Waals surface area (Å²) in [5.74, 6) is 1.57. The Balaban J connectivity index is 0.000000353. The van der Waals surface area contributed by atoms with Crippen LogP contribution in [0, 0.1) is 127 Å². The van der Waals surface area contributed by atoms with Crippen LogP contribution in [0.4, 0.5) is 0 Å². The van der Waals surface area contributed by atoms with Crippen molar-refractivity contribution in [1.29, 1.82) is 0 Å². The van der Waals surface area contributed by atoms with Gasteiger partial charge in [0.2, 0.25) is 0 Å². The van der Waals surface area contributed by atoms with Crippen molar-refractivity contribution >= 4 is 12.2 Å². The van der Waals surface area contributed by atoms with Gasteiger partial charge in [-0.3, -0.25) is 0 Å². The summed E-state index contributed by atoms with van der Waals surface area (Å²) in [6, 6.07) is 1.98. The van der Waals surface area contributed by atoms with Crippen molar-refractivity contribution < 1.29 is 34.1 Å². The quantitative estimate of drug-likeness (QED) is 0.518. The molecule has 5 rings (SSSR count). The summed E-state index contributed by atoms with van der Waals surface area (Å²) in [7, 11) is 0. The van der Waals surface area contributed by atoms with E-state index in [4.69, 9.17) is 0 Å². The first-order chi connectivity index (χ1) is 14.9. The van der Waals surface area contributed by atoms with Gasteiger partial charge in [-0.2, -0.15) is 0 Å². The molecule has 0 spiro atoms. The summed E-state index contributed by atoms with van der Waals surface area (Å²) in [6.07, 6.45) is 46.4. The molecule has 1 heterocycles. The fraction of sp³-hybridized carbons (Fsp3) is 0.0357. The second-order valence-electron chi connectivity index (χ2n) is 6.55. The molecule has 0 bridgehead atoms. The first-order valence-corrected chi connectivity index (χ1v) is 9.98. The Bertz CT molecular complexity index is 558. The maximum absolute atomic E-state index is 4.27. The Labute approximate surface area is 218 Å². The SMILES string of the molecule is [CH]1[CH][CH][CH][CH]1.[CH]1[CH][CH][CH][CH]1.[CH]1[CH][CH][C](/C=C/c2cc(/C=C/C3[CH][CH][CH][CH]3)ncn2)[CH]1.[Fe+2].[Fe+2]. The molecule has 0 amide bonds. The van der Waals surface area contributed by atoms with Gasteiger partial charge in [0, 0.05) is 5.92 Å². The van der Waals surface area contributed by atoms with Crippen molar-refractivity contribution in [1.82, 2.24) is 9.97 Å². The number of aromatic nitrogens is 2. The molecule has 159 valence electrons. The van der Waals surface area contributed by atoms with Crippen LogP contribution in [0.25, 0.3) is 12.2 Å². The largest absolute Gasteiger partial charge is 2.00 e. The minimum Gasteiger partial charge on any atom is -0.237 e. The predicted molar refractivity (Wildman–Crippen MR) is 124 cm³/mol. The van der Waals surface area contributed by atoms with Crippen LogP contribution in [0.1, 0.15) is 11.4 Å². The molecule has 19 radical (unpaired) electrons. The van der Waals surface area contributed by atoms with E-state index in [1.165, 1.54) is 5.92 Å². The van der Waals surface area contributed by atoms with Crippen molar-refractivity contribution in [3.63, 3.8) is 0 Å². The molecule has 2 nitrogen and oxygen atoms in total. The molecule has 0 aromatic carbocycles. The zero-order valence-electron chi connectivity index (χ0n) is 17.5. The molecule has 32 heavy (non-hydrogen) atoms. The number of allylic oxidation sites excluding steroid dienone is 2. The standard InChI is InChI=1S/C18H15N2.2C5H5.2Fe/c1-2-6-15(5-1)9-11-17-13-18(20-14-19-17)12-10-16-7-3-4-8-16;2*1-2-4-5-3-1;;/h1-15H;2*1-5H;;/q;;;2*+2/b11-9+,12-10+;;;;. The van der Waals surface area contributed by atoms with Crippen molar-refractivity contribution in [2.75, 3.05) is 0 Å². The van der Waals surface area contributed by atoms with Gasteiger partial charge < -0.3 is 0 Å². The van der Waals surface area contributed by atoms with E-state index in [2.05, 4.69) is 60.6 Å². The Morgan fingerprint density at radius 3 is 1.50 bits per heavy atom. The Morgan fingerprint density at radius 1 is 0.531 bits per heavy atom. The molecule has 0 unspecified atom stereocenters. The van der Waals surface area contributed by atoms with E-state index in [1.54, 1.807) is 6.33 Å². The van der Waals surface area contributed by atoms with Gasteiger partial charge in [-0.15, -0.1) is 0 Å². The van der Waals surface area contributed by atoms with Gasteiger partial charge in [-0.25, -0.2) is 9.97 Å². The summed E-state index contributed by atoms with van der Waals surface area (Å²) in [4.78, 5) is 8.52. The average Bonchev–Trinajstić information content (AvgIpc) is 3.62. The number of hydrogen-bond donors (Lipinski definition) is 0. The molecule has 4 saturated carbocycles. The van der Waals surface area contributed by atoms with Crippen molar-refractivity contribution in [3.8, 4) is 0 Å². The fourth-order valence-electron chi connectivity index (χ4n) is 2.68. The molecule has 0 aliphatic heterocycles. The molecular formula is C28H25Fe2N2+4. The van der Waals surface area contributed by atoms with Crippen LogP contribution in [0.2, 0.25) is 0 Å². The van der Waals surface area contributed by atoms with Crippen LogP contribution >= 0.6 is 0 Å². The van der Waals surface area contributed by atoms with E-state index in [0.717, 1.165) is 11.4 Å². The second-order valence-corrected chi connectivity index (χ2v) is 6.55. The van der Waals surface area contributed by atoms with Gasteiger partial charge in [0.1, 0.15) is 6.33 Å². The minimum absolute atomic E-state index is 0. The molecule has 1 aromatic heterocycles. The average molecular weight is 501 g/mol. The van der Waals surface area contributed by atoms with E-state index < -0.39 is 0 Å². The Kier molecular flexibility index (Phi) is 17.6. The third-order valence-electron chi connectivity index (χ3n) is 4.22. The first-order valence-electron chi connectivity index (χ1n) is 9.98. The summed E-state index contributed by atoms with van der Waals surface area (Å²) < 4.78 is 0. The molecule has 4 heteroatoms. The predicted octanol–water partition coefficient (Wildman–Crippen LogP) is 5.39. The summed E-state index contributed by atoms with van der Waals surface area (Å²) >= 11 is 0. The van der Waals surface area contributed by atoms with Gasteiger partial charge in [0.05, 0.1) is 11.4 Å². The van der Waals surface area contributed by atoms with Crippen LogP contribution < -0.4 is 0 Å². The topological polar surface area (TPSA) is 25.8 Å². The number of rotatable bonds is 4. The van der Waals surface area contributed by atoms with Gasteiger partial charge in [0.15, 0.2) is 0 Å². The van der Waals surface area contributed by atoms with Crippen molar-refractivity contribution in [3.05, 3.63) is 157 Å². The number of nitrogens with zero attached hydrogens (tertiary/aromatic N) is 2. The van der Waals surface area contributed by atoms with Crippen LogP contribution in [-0.4, -0.2) is 9.97 Å². The maximum Gasteiger partial charge on any atom is 2.00 e. The third kappa shape index (κ3) is 12.7. The Hall–Kier alpha value is -0.401. The summed E-state index contributed by atoms with van der Waals surface area (Å²) in [6.45, 7) is 0. The zero-order valence-corrected chi connectivity index (χ0v) is 19.7. The van der Waals surface area contributed by atoms with Gasteiger partial charge in [0.25, 0.3) is 0 Å². The molecule has 4 fully saturated rings. The molecule has 4 aliphatic carbocycles. The smallest absolute Gasteiger partial charge is 0.237 e. The first kappa shape index (κ1) is 29.6. The van der Waals surface area contributed by atoms with Gasteiger partial charge >= 0.3 is 34.1 Å². The molecule has 0 saturated heterocycles. The molecule has 0 atom stereocenters. The summed E-state index contributed by atoms with van der Waals surface area (Å²) in [5, 5.41) is 0. The van der Waals surface area contributed by atoms with Gasteiger partial charge in [-0.1, -0.05) is 12.2 Å². The van der Waals surface area contributed by atoms with E-state index in [1.807, 2.05) is 95.3 Å². The summed E-state index contributed by atoms with van der Waals surface area (Å²) in [5.41, 5.74) is 1.84.